The van der Waals surface area contributed by atoms with Gasteiger partial charge in [0.2, 0.25) is 0 Å². The molecule has 0 aliphatic carbocycles. The number of nitrogens with one attached hydrogen (secondary N) is 1. The third kappa shape index (κ3) is 3.06. The number of hydrazine groups is 1. The van der Waals surface area contributed by atoms with Crippen molar-refractivity contribution in [1.29, 1.82) is 0 Å². The topological polar surface area (TPSA) is 45.5 Å². The molecule has 0 spiro atoms. The molecule has 1 N–H and O–H groups in total. The number of nitrogens with zero attached hydrogens (tertiary/aromatic N) is 1. The summed E-state index contributed by atoms with van der Waals surface area (Å²) in [7, 11) is 0. The fourth-order valence-corrected chi connectivity index (χ4v) is 3.43. The molecule has 130 valence electrons. The van der Waals surface area contributed by atoms with Crippen molar-refractivity contribution in [3.05, 3.63) is 99.9 Å². The predicted octanol–water partition coefficient (Wildman–Crippen LogP) is 5.09. The van der Waals surface area contributed by atoms with Crippen LogP contribution in [0.4, 0.5) is 0 Å². The van der Waals surface area contributed by atoms with Crippen LogP contribution in [0.25, 0.3) is 5.70 Å². The first-order valence-electron chi connectivity index (χ1n) is 8.30. The van der Waals surface area contributed by atoms with E-state index >= 15 is 0 Å². The van der Waals surface area contributed by atoms with Gasteiger partial charge in [0.25, 0.3) is 5.91 Å². The van der Waals surface area contributed by atoms with Crippen molar-refractivity contribution >= 4 is 27.5 Å². The average Bonchev–Trinajstić information content (AvgIpc) is 3.32. The Bertz CT molecular complexity index is 962. The maximum atomic E-state index is 13.2. The second-order valence-corrected chi connectivity index (χ2v) is 7.03. The van der Waals surface area contributed by atoms with Crippen LogP contribution in [0.3, 0.4) is 0 Å². The molecule has 1 aliphatic rings. The summed E-state index contributed by atoms with van der Waals surface area (Å²) in [6.45, 7) is 2.05. The number of carbonyl (C=O) groups excluding carboxylic acids is 1. The highest BCUT2D eigenvalue weighted by Gasteiger charge is 2.33. The molecule has 4 rings (SSSR count). The van der Waals surface area contributed by atoms with Gasteiger partial charge < -0.3 is 4.42 Å². The van der Waals surface area contributed by atoms with Crippen LogP contribution in [0.2, 0.25) is 0 Å². The molecule has 2 heterocycles. The summed E-state index contributed by atoms with van der Waals surface area (Å²) in [6.07, 6.45) is 3.63. The molecule has 26 heavy (non-hydrogen) atoms. The first-order chi connectivity index (χ1) is 12.6. The molecule has 1 aromatic heterocycles. The van der Waals surface area contributed by atoms with Crippen LogP contribution in [-0.4, -0.2) is 10.9 Å². The van der Waals surface area contributed by atoms with Gasteiger partial charge in [0.1, 0.15) is 11.8 Å². The molecule has 2 aromatic carbocycles. The van der Waals surface area contributed by atoms with Gasteiger partial charge >= 0.3 is 0 Å². The maximum absolute atomic E-state index is 13.2. The highest BCUT2D eigenvalue weighted by molar-refractivity contribution is 9.10. The molecular weight excluding hydrogens is 392 g/mol. The number of furan rings is 1. The van der Waals surface area contributed by atoms with Crippen LogP contribution < -0.4 is 5.43 Å². The van der Waals surface area contributed by atoms with Crippen molar-refractivity contribution < 1.29 is 9.21 Å². The van der Waals surface area contributed by atoms with Crippen molar-refractivity contribution in [1.82, 2.24) is 10.4 Å². The van der Waals surface area contributed by atoms with Crippen LogP contribution in [0, 0.1) is 6.92 Å². The van der Waals surface area contributed by atoms with Gasteiger partial charge in [-0.25, -0.2) is 5.01 Å². The molecule has 1 amide bonds. The Morgan fingerprint density at radius 1 is 1.08 bits per heavy atom. The molecule has 0 saturated heterocycles. The van der Waals surface area contributed by atoms with E-state index in [1.807, 2.05) is 48.5 Å². The molecule has 0 radical (unpaired) electrons. The second kappa shape index (κ2) is 6.84. The zero-order chi connectivity index (χ0) is 18.1. The fourth-order valence-electron chi connectivity index (χ4n) is 2.97. The largest absolute Gasteiger partial charge is 0.467 e. The van der Waals surface area contributed by atoms with Gasteiger partial charge in [-0.05, 0) is 58.8 Å². The Balaban J connectivity index is 1.71. The minimum atomic E-state index is -0.319. The van der Waals surface area contributed by atoms with Crippen LogP contribution in [0.1, 0.15) is 33.3 Å². The van der Waals surface area contributed by atoms with Gasteiger partial charge in [0.05, 0.1) is 17.5 Å². The van der Waals surface area contributed by atoms with Crippen LogP contribution in [-0.2, 0) is 0 Å². The summed E-state index contributed by atoms with van der Waals surface area (Å²) in [5.74, 6) is 0.581. The van der Waals surface area contributed by atoms with E-state index in [1.54, 1.807) is 17.3 Å². The summed E-state index contributed by atoms with van der Waals surface area (Å²) < 4.78 is 6.34. The van der Waals surface area contributed by atoms with Crippen molar-refractivity contribution in [2.45, 2.75) is 13.0 Å². The van der Waals surface area contributed by atoms with Crippen LogP contribution in [0.5, 0.6) is 0 Å². The number of aryl methyl sites for hydroxylation is 1. The second-order valence-electron chi connectivity index (χ2n) is 6.17. The zero-order valence-corrected chi connectivity index (χ0v) is 15.7. The van der Waals surface area contributed by atoms with E-state index in [9.17, 15) is 4.79 Å². The Hall–Kier alpha value is -2.79. The molecule has 0 fully saturated rings. The summed E-state index contributed by atoms with van der Waals surface area (Å²) in [5.41, 5.74) is 6.94. The lowest BCUT2D eigenvalue weighted by Crippen LogP contribution is -2.39. The monoisotopic (exact) mass is 408 g/mol. The smallest absolute Gasteiger partial charge is 0.274 e. The number of benzene rings is 2. The molecule has 5 heteroatoms. The standard InChI is InChI=1S/C21H17BrN2O2/c1-14-8-10-15(11-9-14)18-13-19(20-7-4-12-26-20)24(23-18)21(25)16-5-2-3-6-17(16)22/h2-13,19,23H,1H3/t19-/m1/s1. The molecule has 0 unspecified atom stereocenters. The van der Waals surface area contributed by atoms with E-state index in [0.717, 1.165) is 15.7 Å². The summed E-state index contributed by atoms with van der Waals surface area (Å²) in [4.78, 5) is 13.2. The summed E-state index contributed by atoms with van der Waals surface area (Å²) in [5, 5.41) is 1.61. The normalized spacial score (nSPS) is 16.3. The van der Waals surface area contributed by atoms with Gasteiger partial charge in [-0.3, -0.25) is 10.2 Å². The van der Waals surface area contributed by atoms with Crippen LogP contribution in [0.15, 0.2) is 81.9 Å². The molecule has 0 bridgehead atoms. The van der Waals surface area contributed by atoms with Crippen molar-refractivity contribution in [3.8, 4) is 0 Å². The highest BCUT2D eigenvalue weighted by Crippen LogP contribution is 2.33. The van der Waals surface area contributed by atoms with E-state index in [1.165, 1.54) is 5.56 Å². The van der Waals surface area contributed by atoms with Gasteiger partial charge in [0, 0.05) is 4.47 Å². The molecule has 1 atom stereocenters. The van der Waals surface area contributed by atoms with Crippen molar-refractivity contribution in [3.63, 3.8) is 0 Å². The molecule has 3 aromatic rings. The lowest BCUT2D eigenvalue weighted by atomic mass is 10.1. The number of hydrogen-bond donors (Lipinski definition) is 1. The third-order valence-corrected chi connectivity index (χ3v) is 5.06. The average molecular weight is 409 g/mol. The number of rotatable bonds is 3. The molecular formula is C21H17BrN2O2. The first kappa shape index (κ1) is 16.7. The molecule has 0 saturated carbocycles. The Kier molecular flexibility index (Phi) is 4.39. The van der Waals surface area contributed by atoms with Gasteiger partial charge in [-0.2, -0.15) is 0 Å². The van der Waals surface area contributed by atoms with Gasteiger partial charge in [-0.1, -0.05) is 42.0 Å². The van der Waals surface area contributed by atoms with Crippen molar-refractivity contribution in [2.24, 2.45) is 0 Å². The lowest BCUT2D eigenvalue weighted by molar-refractivity contribution is 0.0654. The van der Waals surface area contributed by atoms with E-state index in [0.29, 0.717) is 11.3 Å². The Labute approximate surface area is 160 Å². The number of hydrogen-bond acceptors (Lipinski definition) is 3. The van der Waals surface area contributed by atoms with E-state index in [2.05, 4.69) is 40.4 Å². The minimum absolute atomic E-state index is 0.128. The van der Waals surface area contributed by atoms with Crippen LogP contribution >= 0.6 is 15.9 Å². The van der Waals surface area contributed by atoms with Gasteiger partial charge in [0.15, 0.2) is 0 Å². The van der Waals surface area contributed by atoms with Crippen molar-refractivity contribution in [2.75, 3.05) is 0 Å². The summed E-state index contributed by atoms with van der Waals surface area (Å²) >= 11 is 3.46. The quantitative estimate of drug-likeness (QED) is 0.655. The molecule has 1 aliphatic heterocycles. The first-order valence-corrected chi connectivity index (χ1v) is 9.10. The van der Waals surface area contributed by atoms with E-state index in [-0.39, 0.29) is 11.9 Å². The Morgan fingerprint density at radius 2 is 1.85 bits per heavy atom. The zero-order valence-electron chi connectivity index (χ0n) is 14.1. The SMILES string of the molecule is Cc1ccc(C2=C[C@H](c3ccco3)N(C(=O)c3ccccc3Br)N2)cc1. The maximum Gasteiger partial charge on any atom is 0.274 e. The Morgan fingerprint density at radius 3 is 2.54 bits per heavy atom. The lowest BCUT2D eigenvalue weighted by Gasteiger charge is -2.24. The number of amides is 1. The predicted molar refractivity (Wildman–Crippen MR) is 104 cm³/mol. The van der Waals surface area contributed by atoms with Gasteiger partial charge in [-0.15, -0.1) is 0 Å². The molecule has 4 nitrogen and oxygen atoms in total. The summed E-state index contributed by atoms with van der Waals surface area (Å²) in [6, 6.07) is 19.0. The minimum Gasteiger partial charge on any atom is -0.467 e. The third-order valence-electron chi connectivity index (χ3n) is 4.36. The number of halogens is 1. The fraction of sp³-hybridized carbons (Fsp3) is 0.0952. The van der Waals surface area contributed by atoms with E-state index in [4.69, 9.17) is 4.42 Å². The number of carbonyl (C=O) groups is 1. The van der Waals surface area contributed by atoms with E-state index < -0.39 is 0 Å². The highest BCUT2D eigenvalue weighted by atomic mass is 79.9.